The van der Waals surface area contributed by atoms with Crippen LogP contribution in [0, 0.1) is 4.78 Å². The molecule has 0 spiro atoms. The number of hydrogen-bond donors (Lipinski definition) is 3. The van der Waals surface area contributed by atoms with Gasteiger partial charge >= 0.3 is 5.97 Å². The van der Waals surface area contributed by atoms with Gasteiger partial charge < -0.3 is 10.4 Å². The summed E-state index contributed by atoms with van der Waals surface area (Å²) in [7, 11) is -2.61. The van der Waals surface area contributed by atoms with Gasteiger partial charge in [-0.3, -0.25) is 9.57 Å². The number of nitrogens with one attached hydrogen (secondary N) is 2. The highest BCUT2D eigenvalue weighted by molar-refractivity contribution is 7.92. The first-order valence-electron chi connectivity index (χ1n) is 6.63. The van der Waals surface area contributed by atoms with E-state index in [9.17, 15) is 9.00 Å². The number of carboxylic acids is 1. The van der Waals surface area contributed by atoms with Crippen molar-refractivity contribution in [3.8, 4) is 0 Å². The average Bonchev–Trinajstić information content (AvgIpc) is 2.30. The summed E-state index contributed by atoms with van der Waals surface area (Å²) in [5.41, 5.74) is 0. The second-order valence-corrected chi connectivity index (χ2v) is 7.00. The van der Waals surface area contributed by atoms with E-state index in [2.05, 4.69) is 5.32 Å². The van der Waals surface area contributed by atoms with E-state index in [1.165, 1.54) is 0 Å². The van der Waals surface area contributed by atoms with Gasteiger partial charge in [-0.15, -0.1) is 0 Å². The minimum atomic E-state index is -2.61. The molecule has 5 nitrogen and oxygen atoms in total. The van der Waals surface area contributed by atoms with Crippen LogP contribution in [0.2, 0.25) is 0 Å². The fraction of sp³-hybridized carbons (Fsp3) is 0.917. The van der Waals surface area contributed by atoms with Gasteiger partial charge in [0.1, 0.15) is 6.04 Å². The van der Waals surface area contributed by atoms with Crippen LogP contribution in [0.25, 0.3) is 0 Å². The van der Waals surface area contributed by atoms with Gasteiger partial charge in [-0.2, -0.15) is 0 Å². The standard InChI is InChI=1S/C12H26N2O3S/c1-3-5-8-14-11(12(15)16)7-10-18(13,17)9-6-4-2/h11,13-14H,3-10H2,1-2H3,(H,15,16). The highest BCUT2D eigenvalue weighted by Gasteiger charge is 2.18. The van der Waals surface area contributed by atoms with E-state index in [1.807, 2.05) is 13.8 Å². The third-order valence-electron chi connectivity index (χ3n) is 2.78. The van der Waals surface area contributed by atoms with Crippen LogP contribution in [0.1, 0.15) is 46.0 Å². The molecule has 0 aromatic carbocycles. The van der Waals surface area contributed by atoms with Gasteiger partial charge in [0.25, 0.3) is 0 Å². The summed E-state index contributed by atoms with van der Waals surface area (Å²) < 4.78 is 19.5. The van der Waals surface area contributed by atoms with E-state index < -0.39 is 21.7 Å². The van der Waals surface area contributed by atoms with Gasteiger partial charge in [-0.1, -0.05) is 26.7 Å². The van der Waals surface area contributed by atoms with E-state index in [0.717, 1.165) is 25.7 Å². The monoisotopic (exact) mass is 278 g/mol. The molecule has 0 aliphatic carbocycles. The Morgan fingerprint density at radius 3 is 2.39 bits per heavy atom. The molecule has 0 rings (SSSR count). The molecule has 0 aromatic rings. The second kappa shape index (κ2) is 9.33. The minimum absolute atomic E-state index is 0.170. The molecule has 2 atom stereocenters. The third kappa shape index (κ3) is 8.47. The van der Waals surface area contributed by atoms with Crippen molar-refractivity contribution in [1.82, 2.24) is 5.32 Å². The van der Waals surface area contributed by atoms with Gasteiger partial charge in [0.15, 0.2) is 0 Å². The van der Waals surface area contributed by atoms with Crippen LogP contribution in [-0.4, -0.2) is 39.4 Å². The summed E-state index contributed by atoms with van der Waals surface area (Å²) >= 11 is 0. The van der Waals surface area contributed by atoms with Crippen molar-refractivity contribution < 1.29 is 14.1 Å². The molecular formula is C12H26N2O3S. The lowest BCUT2D eigenvalue weighted by atomic mass is 10.2. The zero-order valence-electron chi connectivity index (χ0n) is 11.4. The van der Waals surface area contributed by atoms with Crippen molar-refractivity contribution in [2.75, 3.05) is 18.1 Å². The minimum Gasteiger partial charge on any atom is -0.480 e. The molecular weight excluding hydrogens is 252 g/mol. The largest absolute Gasteiger partial charge is 0.480 e. The first-order chi connectivity index (χ1) is 8.43. The predicted molar refractivity (Wildman–Crippen MR) is 74.5 cm³/mol. The molecule has 18 heavy (non-hydrogen) atoms. The first kappa shape index (κ1) is 17.4. The van der Waals surface area contributed by atoms with Crippen LogP contribution in [0.5, 0.6) is 0 Å². The topological polar surface area (TPSA) is 90.3 Å². The second-order valence-electron chi connectivity index (χ2n) is 4.56. The number of hydrogen-bond acceptors (Lipinski definition) is 4. The van der Waals surface area contributed by atoms with Crippen LogP contribution in [0.4, 0.5) is 0 Å². The summed E-state index contributed by atoms with van der Waals surface area (Å²) in [6, 6.07) is -0.677. The fourth-order valence-corrected chi connectivity index (χ4v) is 3.13. The Morgan fingerprint density at radius 1 is 1.28 bits per heavy atom. The summed E-state index contributed by atoms with van der Waals surface area (Å²) in [6.45, 7) is 4.68. The Bertz CT molecular complexity index is 328. The smallest absolute Gasteiger partial charge is 0.320 e. The quantitative estimate of drug-likeness (QED) is 0.505. The molecule has 0 fully saturated rings. The lowest BCUT2D eigenvalue weighted by Crippen LogP contribution is -2.38. The molecule has 6 heteroatoms. The van der Waals surface area contributed by atoms with E-state index >= 15 is 0 Å². The molecule has 3 N–H and O–H groups in total. The Balaban J connectivity index is 4.13. The van der Waals surface area contributed by atoms with Gasteiger partial charge in [0, 0.05) is 21.2 Å². The maximum atomic E-state index is 11.8. The summed E-state index contributed by atoms with van der Waals surface area (Å²) in [5.74, 6) is -0.370. The van der Waals surface area contributed by atoms with Crippen molar-refractivity contribution in [2.24, 2.45) is 0 Å². The van der Waals surface area contributed by atoms with Gasteiger partial charge in [-0.25, -0.2) is 4.21 Å². The van der Waals surface area contributed by atoms with Gasteiger partial charge in [-0.05, 0) is 25.8 Å². The van der Waals surface area contributed by atoms with Crippen LogP contribution >= 0.6 is 0 Å². The Kier molecular flexibility index (Phi) is 9.01. The number of aliphatic carboxylic acids is 1. The molecule has 0 radical (unpaired) electrons. The van der Waals surface area contributed by atoms with Crippen LogP contribution < -0.4 is 5.32 Å². The van der Waals surface area contributed by atoms with Gasteiger partial charge in [0.2, 0.25) is 0 Å². The first-order valence-corrected chi connectivity index (χ1v) is 8.53. The third-order valence-corrected chi connectivity index (χ3v) is 4.63. The molecule has 0 saturated carbocycles. The van der Waals surface area contributed by atoms with Crippen molar-refractivity contribution in [3.05, 3.63) is 0 Å². The van der Waals surface area contributed by atoms with Crippen molar-refractivity contribution in [1.29, 1.82) is 4.78 Å². The normalized spacial score (nSPS) is 16.1. The lowest BCUT2D eigenvalue weighted by Gasteiger charge is -2.15. The molecule has 2 unspecified atom stereocenters. The maximum absolute atomic E-state index is 11.8. The van der Waals surface area contributed by atoms with E-state index in [4.69, 9.17) is 9.89 Å². The van der Waals surface area contributed by atoms with Crippen molar-refractivity contribution >= 4 is 15.7 Å². The average molecular weight is 278 g/mol. The molecule has 0 saturated heterocycles. The molecule has 108 valence electrons. The number of rotatable bonds is 11. The zero-order chi connectivity index (χ0) is 14.0. The number of carboxylic acid groups (broad SMARTS) is 1. The Labute approximate surface area is 110 Å². The molecule has 0 aliphatic heterocycles. The summed E-state index contributed by atoms with van der Waals surface area (Å²) in [4.78, 5) is 11.0. The highest BCUT2D eigenvalue weighted by Crippen LogP contribution is 2.04. The number of unbranched alkanes of at least 4 members (excludes halogenated alkanes) is 2. The SMILES string of the molecule is CCCCNC(CCS(=N)(=O)CCCC)C(=O)O. The molecule has 0 heterocycles. The maximum Gasteiger partial charge on any atom is 0.320 e. The van der Waals surface area contributed by atoms with Gasteiger partial charge in [0.05, 0.1) is 0 Å². The van der Waals surface area contributed by atoms with Crippen molar-refractivity contribution in [2.45, 2.75) is 52.0 Å². The van der Waals surface area contributed by atoms with Crippen LogP contribution in [-0.2, 0) is 14.5 Å². The van der Waals surface area contributed by atoms with Crippen LogP contribution in [0.3, 0.4) is 0 Å². The van der Waals surface area contributed by atoms with E-state index in [-0.39, 0.29) is 12.2 Å². The molecule has 0 amide bonds. The zero-order valence-corrected chi connectivity index (χ0v) is 12.2. The molecule has 0 bridgehead atoms. The molecule has 0 aliphatic rings. The van der Waals surface area contributed by atoms with Crippen molar-refractivity contribution in [3.63, 3.8) is 0 Å². The molecule has 0 aromatic heterocycles. The Morgan fingerprint density at radius 2 is 1.89 bits per heavy atom. The summed E-state index contributed by atoms with van der Waals surface area (Å²) in [6.07, 6.45) is 3.88. The Hall–Kier alpha value is -0.620. The highest BCUT2D eigenvalue weighted by atomic mass is 32.2. The van der Waals surface area contributed by atoms with E-state index in [1.54, 1.807) is 0 Å². The number of carbonyl (C=O) groups is 1. The van der Waals surface area contributed by atoms with E-state index in [0.29, 0.717) is 12.3 Å². The summed E-state index contributed by atoms with van der Waals surface area (Å²) in [5, 5.41) is 12.0. The predicted octanol–water partition coefficient (Wildman–Crippen LogP) is 2.07. The lowest BCUT2D eigenvalue weighted by molar-refractivity contribution is -0.139. The fourth-order valence-electron chi connectivity index (χ4n) is 1.55. The van der Waals surface area contributed by atoms with Crippen LogP contribution in [0.15, 0.2) is 0 Å².